The van der Waals surface area contributed by atoms with Crippen LogP contribution in [0.1, 0.15) is 23.6 Å². The van der Waals surface area contributed by atoms with Crippen LogP contribution < -0.4 is 4.74 Å². The zero-order valence-electron chi connectivity index (χ0n) is 18.2. The fraction of sp³-hybridized carbons (Fsp3) is 0.125. The molecule has 0 aliphatic rings. The number of hydrogen-bond donors (Lipinski definition) is 1. The lowest BCUT2D eigenvalue weighted by Gasteiger charge is -2.17. The highest BCUT2D eigenvalue weighted by atomic mass is 19.4. The van der Waals surface area contributed by atoms with Crippen molar-refractivity contribution in [2.24, 2.45) is 0 Å². The molecular formula is C24H16F4N4O4. The van der Waals surface area contributed by atoms with Crippen LogP contribution in [0.5, 0.6) is 11.8 Å². The molecule has 0 aliphatic carbocycles. The van der Waals surface area contributed by atoms with Crippen LogP contribution in [0.3, 0.4) is 0 Å². The Morgan fingerprint density at radius 1 is 0.944 bits per heavy atom. The number of H-pyrrole nitrogens is 1. The molecule has 2 aromatic heterocycles. The Bertz CT molecular complexity index is 1340. The lowest BCUT2D eigenvalue weighted by molar-refractivity contribution is -0.201. The highest BCUT2D eigenvalue weighted by Gasteiger charge is 2.42. The minimum Gasteiger partial charge on any atom is -0.424 e. The predicted molar refractivity (Wildman–Crippen MR) is 116 cm³/mol. The molecule has 36 heavy (non-hydrogen) atoms. The minimum absolute atomic E-state index is 0.106. The molecule has 12 heteroatoms. The number of hydrogen-bond acceptors (Lipinski definition) is 7. The van der Waals surface area contributed by atoms with Crippen LogP contribution in [0, 0.1) is 5.82 Å². The van der Waals surface area contributed by atoms with Crippen molar-refractivity contribution >= 4 is 11.9 Å². The Hall–Kier alpha value is -4.61. The van der Waals surface area contributed by atoms with E-state index in [2.05, 4.69) is 24.7 Å². The Labute approximate surface area is 201 Å². The average Bonchev–Trinajstić information content (AvgIpc) is 3.38. The third kappa shape index (κ3) is 6.09. The summed E-state index contributed by atoms with van der Waals surface area (Å²) in [5.74, 6) is -4.55. The summed E-state index contributed by atoms with van der Waals surface area (Å²) in [5, 5.41) is 0. The fourth-order valence-electron chi connectivity index (χ4n) is 3.26. The van der Waals surface area contributed by atoms with Gasteiger partial charge in [0.15, 0.2) is 0 Å². The van der Waals surface area contributed by atoms with Gasteiger partial charge in [0.2, 0.25) is 0 Å². The van der Waals surface area contributed by atoms with Crippen molar-refractivity contribution in [2.45, 2.75) is 18.5 Å². The summed E-state index contributed by atoms with van der Waals surface area (Å²) in [5.41, 5.74) is 1.33. The Morgan fingerprint density at radius 3 is 2.31 bits per heavy atom. The van der Waals surface area contributed by atoms with Crippen LogP contribution in [0.25, 0.3) is 11.4 Å². The van der Waals surface area contributed by atoms with Gasteiger partial charge in [0.05, 0.1) is 12.1 Å². The number of halogens is 4. The third-order valence-corrected chi connectivity index (χ3v) is 4.93. The molecule has 0 amide bonds. The van der Waals surface area contributed by atoms with Crippen LogP contribution in [0.4, 0.5) is 17.6 Å². The number of benzene rings is 2. The SMILES string of the molecule is O=C(CC(c1ccc(F)cc1)c1ccnc(Oc2ccc(-c3ncc[nH]3)cc2)n1)OC(=O)C(F)(F)F. The number of aromatic amines is 1. The number of esters is 2. The molecule has 0 saturated carbocycles. The highest BCUT2D eigenvalue weighted by molar-refractivity contribution is 5.88. The largest absolute Gasteiger partial charge is 0.491 e. The molecule has 1 atom stereocenters. The molecule has 0 aliphatic heterocycles. The van der Waals surface area contributed by atoms with E-state index in [4.69, 9.17) is 4.74 Å². The maximum Gasteiger partial charge on any atom is 0.491 e. The number of ether oxygens (including phenoxy) is 2. The van der Waals surface area contributed by atoms with E-state index in [1.807, 2.05) is 0 Å². The number of carbonyl (C=O) groups is 2. The van der Waals surface area contributed by atoms with Crippen LogP contribution >= 0.6 is 0 Å². The van der Waals surface area contributed by atoms with Gasteiger partial charge in [0.25, 0.3) is 0 Å². The minimum atomic E-state index is -5.33. The number of nitrogens with one attached hydrogen (secondary N) is 1. The molecule has 4 aromatic rings. The van der Waals surface area contributed by atoms with E-state index in [1.165, 1.54) is 24.4 Å². The summed E-state index contributed by atoms with van der Waals surface area (Å²) in [4.78, 5) is 38.6. The molecule has 0 bridgehead atoms. The van der Waals surface area contributed by atoms with Crippen molar-refractivity contribution in [1.29, 1.82) is 0 Å². The molecule has 2 aromatic carbocycles. The molecule has 0 fully saturated rings. The quantitative estimate of drug-likeness (QED) is 0.217. The monoisotopic (exact) mass is 500 g/mol. The van der Waals surface area contributed by atoms with E-state index in [1.54, 1.807) is 36.7 Å². The number of carbonyl (C=O) groups excluding carboxylic acids is 2. The van der Waals surface area contributed by atoms with E-state index >= 15 is 0 Å². The van der Waals surface area contributed by atoms with Crippen molar-refractivity contribution in [3.63, 3.8) is 0 Å². The van der Waals surface area contributed by atoms with E-state index in [-0.39, 0.29) is 11.7 Å². The first-order chi connectivity index (χ1) is 17.2. The van der Waals surface area contributed by atoms with Gasteiger partial charge >= 0.3 is 24.1 Å². The summed E-state index contributed by atoms with van der Waals surface area (Å²) in [6, 6.07) is 13.1. The summed E-state index contributed by atoms with van der Waals surface area (Å²) in [6.07, 6.45) is -1.38. The maximum atomic E-state index is 13.4. The van der Waals surface area contributed by atoms with Gasteiger partial charge in [-0.25, -0.2) is 19.2 Å². The summed E-state index contributed by atoms with van der Waals surface area (Å²) >= 11 is 0. The molecule has 0 spiro atoms. The van der Waals surface area contributed by atoms with Gasteiger partial charge in [-0.1, -0.05) is 12.1 Å². The molecule has 184 valence electrons. The Morgan fingerprint density at radius 2 is 1.67 bits per heavy atom. The van der Waals surface area contributed by atoms with Crippen LogP contribution in [-0.2, 0) is 14.3 Å². The van der Waals surface area contributed by atoms with Crippen LogP contribution in [0.2, 0.25) is 0 Å². The highest BCUT2D eigenvalue weighted by Crippen LogP contribution is 2.30. The molecule has 0 radical (unpaired) electrons. The topological polar surface area (TPSA) is 107 Å². The van der Waals surface area contributed by atoms with Gasteiger partial charge < -0.3 is 14.5 Å². The van der Waals surface area contributed by atoms with E-state index < -0.39 is 36.3 Å². The summed E-state index contributed by atoms with van der Waals surface area (Å²) in [7, 11) is 0. The predicted octanol–water partition coefficient (Wildman–Crippen LogP) is 4.95. The van der Waals surface area contributed by atoms with Crippen molar-refractivity contribution in [3.8, 4) is 23.1 Å². The number of aromatic nitrogens is 4. The normalized spacial score (nSPS) is 12.1. The number of nitrogens with zero attached hydrogens (tertiary/aromatic N) is 3. The van der Waals surface area contributed by atoms with Gasteiger partial charge in [-0.3, -0.25) is 4.79 Å². The third-order valence-electron chi connectivity index (χ3n) is 4.93. The molecular weight excluding hydrogens is 484 g/mol. The molecule has 1 unspecified atom stereocenters. The maximum absolute atomic E-state index is 13.4. The van der Waals surface area contributed by atoms with Crippen molar-refractivity contribution < 1.29 is 36.6 Å². The van der Waals surface area contributed by atoms with Gasteiger partial charge in [0, 0.05) is 30.1 Å². The number of imidazole rings is 1. The molecule has 2 heterocycles. The molecule has 4 rings (SSSR count). The summed E-state index contributed by atoms with van der Waals surface area (Å²) in [6.45, 7) is 0. The molecule has 8 nitrogen and oxygen atoms in total. The van der Waals surface area contributed by atoms with E-state index in [0.29, 0.717) is 17.1 Å². The first-order valence-electron chi connectivity index (χ1n) is 10.4. The van der Waals surface area contributed by atoms with Gasteiger partial charge in [0.1, 0.15) is 17.4 Å². The number of alkyl halides is 3. The zero-order chi connectivity index (χ0) is 25.7. The molecule has 1 N–H and O–H groups in total. The van der Waals surface area contributed by atoms with E-state index in [0.717, 1.165) is 17.7 Å². The van der Waals surface area contributed by atoms with Crippen molar-refractivity contribution in [2.75, 3.05) is 0 Å². The van der Waals surface area contributed by atoms with E-state index in [9.17, 15) is 27.2 Å². The van der Waals surface area contributed by atoms with Crippen molar-refractivity contribution in [1.82, 2.24) is 19.9 Å². The van der Waals surface area contributed by atoms with Crippen LogP contribution in [0.15, 0.2) is 73.2 Å². The smallest absolute Gasteiger partial charge is 0.424 e. The standard InChI is InChI=1S/C24H16F4N4O4/c25-16-5-1-14(2-6-16)18(13-20(33)36-22(34)24(26,27)28)19-9-10-31-23(32-19)35-17-7-3-15(4-8-17)21-29-11-12-30-21/h1-12,18H,13H2,(H,29,30). The van der Waals surface area contributed by atoms with Gasteiger partial charge in [-0.15, -0.1) is 0 Å². The average molecular weight is 500 g/mol. The van der Waals surface area contributed by atoms with Gasteiger partial charge in [-0.05, 0) is 48.0 Å². The first kappa shape index (κ1) is 24.5. The second-order valence-corrected chi connectivity index (χ2v) is 7.40. The lowest BCUT2D eigenvalue weighted by Crippen LogP contribution is -2.28. The second-order valence-electron chi connectivity index (χ2n) is 7.40. The summed E-state index contributed by atoms with van der Waals surface area (Å²) < 4.78 is 60.5. The Kier molecular flexibility index (Phi) is 7.04. The van der Waals surface area contributed by atoms with Crippen LogP contribution in [-0.4, -0.2) is 38.1 Å². The number of rotatable bonds is 7. The van der Waals surface area contributed by atoms with Gasteiger partial charge in [-0.2, -0.15) is 18.2 Å². The fourth-order valence-corrected chi connectivity index (χ4v) is 3.26. The second kappa shape index (κ2) is 10.3. The van der Waals surface area contributed by atoms with Crippen molar-refractivity contribution in [3.05, 3.63) is 90.3 Å². The lowest BCUT2D eigenvalue weighted by atomic mass is 9.92. The zero-order valence-corrected chi connectivity index (χ0v) is 18.2. The first-order valence-corrected chi connectivity index (χ1v) is 10.4. The Balaban J connectivity index is 1.56. The molecule has 0 saturated heterocycles.